The minimum absolute atomic E-state index is 0.00677. The summed E-state index contributed by atoms with van der Waals surface area (Å²) in [6.07, 6.45) is 2.37. The third kappa shape index (κ3) is 3.32. The zero-order valence-corrected chi connectivity index (χ0v) is 16.1. The summed E-state index contributed by atoms with van der Waals surface area (Å²) in [5.74, 6) is 0.726. The molecule has 4 aliphatic heterocycles. The Labute approximate surface area is 172 Å². The van der Waals surface area contributed by atoms with Gasteiger partial charge in [0, 0.05) is 31.4 Å². The number of ether oxygens (including phenoxy) is 1. The van der Waals surface area contributed by atoms with Gasteiger partial charge in [-0.2, -0.15) is 0 Å². The number of rotatable bonds is 0. The van der Waals surface area contributed by atoms with Crippen molar-refractivity contribution in [2.24, 2.45) is 4.99 Å². The molecule has 0 unspecified atom stereocenters. The van der Waals surface area contributed by atoms with E-state index in [4.69, 9.17) is 4.74 Å². The minimum atomic E-state index is -0.943. The Morgan fingerprint density at radius 3 is 3.00 bits per heavy atom. The summed E-state index contributed by atoms with van der Waals surface area (Å²) in [4.78, 5) is 19.2. The molecule has 3 atom stereocenters. The fourth-order valence-corrected chi connectivity index (χ4v) is 4.17. The molecule has 0 saturated carbocycles. The first-order valence-corrected chi connectivity index (χ1v) is 9.85. The van der Waals surface area contributed by atoms with Gasteiger partial charge in [0.15, 0.2) is 5.82 Å². The van der Waals surface area contributed by atoms with E-state index in [0.717, 1.165) is 0 Å². The maximum absolute atomic E-state index is 14.1. The van der Waals surface area contributed by atoms with E-state index in [2.05, 4.69) is 15.7 Å². The first-order valence-electron chi connectivity index (χ1n) is 9.85. The van der Waals surface area contributed by atoms with E-state index in [-0.39, 0.29) is 25.1 Å². The fraction of sp³-hybridized carbons (Fsp3) is 0.400. The van der Waals surface area contributed by atoms with Crippen LogP contribution in [-0.2, 0) is 4.79 Å². The molecule has 2 bridgehead atoms. The van der Waals surface area contributed by atoms with Gasteiger partial charge in [0.2, 0.25) is 0 Å². The van der Waals surface area contributed by atoms with Crippen LogP contribution in [0.25, 0.3) is 0 Å². The highest BCUT2D eigenvalue weighted by Gasteiger charge is 2.38. The van der Waals surface area contributed by atoms with Crippen LogP contribution in [0.15, 0.2) is 46.9 Å². The van der Waals surface area contributed by atoms with Gasteiger partial charge < -0.3 is 25.2 Å². The summed E-state index contributed by atoms with van der Waals surface area (Å²) >= 11 is 0. The van der Waals surface area contributed by atoms with Crippen LogP contribution in [0.4, 0.5) is 4.39 Å². The predicted molar refractivity (Wildman–Crippen MR) is 104 cm³/mol. The van der Waals surface area contributed by atoms with Crippen LogP contribution >= 0.6 is 0 Å². The molecular weight excluding hydrogens is 393 g/mol. The number of hydrazine groups is 1. The van der Waals surface area contributed by atoms with Crippen molar-refractivity contribution in [2.75, 3.05) is 26.2 Å². The van der Waals surface area contributed by atoms with Crippen LogP contribution in [0.2, 0.25) is 0 Å². The van der Waals surface area contributed by atoms with Crippen LogP contribution in [0.1, 0.15) is 18.0 Å². The Kier molecular flexibility index (Phi) is 4.69. The average Bonchev–Trinajstić information content (AvgIpc) is 3.33. The van der Waals surface area contributed by atoms with Gasteiger partial charge in [-0.1, -0.05) is 0 Å². The summed E-state index contributed by atoms with van der Waals surface area (Å²) in [5, 5.41) is 25.0. The second kappa shape index (κ2) is 7.38. The lowest BCUT2D eigenvalue weighted by molar-refractivity contribution is -0.118. The standard InChI is InChI=1S/C20H22FN5O4/c21-11-1-2-17-14(5-11)16-6-12(27)9-25(16)18-3-4-26-19(24-18)15(8-23-26)20(29)22-7-13(28)10-30-17/h1-5,12-13,16,23,27-28H,6-10H2,(H,22,29)/t12-,13+,16+/m1/s1. The molecule has 1 aromatic rings. The molecule has 1 fully saturated rings. The smallest absolute Gasteiger partial charge is 0.252 e. The van der Waals surface area contributed by atoms with Crippen LogP contribution in [0.3, 0.4) is 0 Å². The Morgan fingerprint density at radius 1 is 1.27 bits per heavy atom. The number of carbonyl (C=O) groups excluding carboxylic acids is 1. The van der Waals surface area contributed by atoms with Gasteiger partial charge in [-0.15, -0.1) is 0 Å². The molecule has 0 aromatic heterocycles. The van der Waals surface area contributed by atoms with Crippen molar-refractivity contribution < 1.29 is 24.1 Å². The highest BCUT2D eigenvalue weighted by atomic mass is 19.1. The molecule has 0 aliphatic carbocycles. The van der Waals surface area contributed by atoms with Crippen molar-refractivity contribution in [3.05, 3.63) is 53.2 Å². The van der Waals surface area contributed by atoms with Crippen molar-refractivity contribution >= 4 is 11.7 Å². The van der Waals surface area contributed by atoms with Crippen molar-refractivity contribution in [1.82, 2.24) is 20.7 Å². The molecule has 158 valence electrons. The van der Waals surface area contributed by atoms with E-state index in [1.807, 2.05) is 4.90 Å². The predicted octanol–water partition coefficient (Wildman–Crippen LogP) is -0.240. The van der Waals surface area contributed by atoms with Gasteiger partial charge in [0.25, 0.3) is 5.91 Å². The third-order valence-corrected chi connectivity index (χ3v) is 5.63. The highest BCUT2D eigenvalue weighted by molar-refractivity contribution is 5.99. The van der Waals surface area contributed by atoms with Crippen molar-refractivity contribution in [3.8, 4) is 5.75 Å². The number of carbonyl (C=O) groups is 1. The maximum atomic E-state index is 14.1. The zero-order chi connectivity index (χ0) is 20.8. The molecule has 30 heavy (non-hydrogen) atoms. The summed E-state index contributed by atoms with van der Waals surface area (Å²) in [6, 6.07) is 3.84. The van der Waals surface area contributed by atoms with Crippen molar-refractivity contribution in [3.63, 3.8) is 0 Å². The molecule has 4 heterocycles. The molecule has 0 spiro atoms. The van der Waals surface area contributed by atoms with Gasteiger partial charge in [-0.05, 0) is 30.7 Å². The van der Waals surface area contributed by atoms with E-state index < -0.39 is 18.0 Å². The highest BCUT2D eigenvalue weighted by Crippen LogP contribution is 2.39. The topological polar surface area (TPSA) is 110 Å². The molecule has 1 saturated heterocycles. The normalized spacial score (nSPS) is 28.4. The molecule has 5 rings (SSSR count). The monoisotopic (exact) mass is 415 g/mol. The van der Waals surface area contributed by atoms with E-state index in [1.54, 1.807) is 17.3 Å². The molecular formula is C20H22FN5O4. The van der Waals surface area contributed by atoms with Crippen LogP contribution < -0.4 is 15.5 Å². The largest absolute Gasteiger partial charge is 0.490 e. The number of nitrogens with zero attached hydrogens (tertiary/aromatic N) is 3. The van der Waals surface area contributed by atoms with Gasteiger partial charge in [0.05, 0.1) is 17.7 Å². The first-order chi connectivity index (χ1) is 14.5. The number of nitrogens with one attached hydrogen (secondary N) is 2. The SMILES string of the molecule is O=C1NC[C@H](O)COc2ccc(F)cc2[C@@H]2C[C@@H](O)CN2C2=NC3=C1CNN3C=C2. The number of hydrogen-bond donors (Lipinski definition) is 4. The minimum Gasteiger partial charge on any atom is -0.490 e. The number of β-amino-alcohol motifs (C(OH)–C–C–N with tert-alkyl or cyclic N) is 1. The van der Waals surface area contributed by atoms with Gasteiger partial charge in [-0.3, -0.25) is 9.80 Å². The van der Waals surface area contributed by atoms with Crippen LogP contribution in [-0.4, -0.2) is 70.3 Å². The molecule has 0 radical (unpaired) electrons. The number of aliphatic hydroxyl groups excluding tert-OH is 2. The van der Waals surface area contributed by atoms with Crippen molar-refractivity contribution in [2.45, 2.75) is 24.7 Å². The van der Waals surface area contributed by atoms with E-state index >= 15 is 0 Å². The quantitative estimate of drug-likeness (QED) is 0.463. The molecule has 10 heteroatoms. The summed E-state index contributed by atoms with van der Waals surface area (Å²) in [6.45, 7) is 0.557. The Bertz CT molecular complexity index is 978. The Morgan fingerprint density at radius 2 is 2.13 bits per heavy atom. The number of aliphatic hydroxyl groups is 2. The molecule has 4 N–H and O–H groups in total. The Hall–Kier alpha value is -2.95. The number of benzene rings is 1. The lowest BCUT2D eigenvalue weighted by atomic mass is 10.0. The fourth-order valence-electron chi connectivity index (χ4n) is 4.17. The average molecular weight is 415 g/mol. The van der Waals surface area contributed by atoms with Crippen molar-refractivity contribution in [1.29, 1.82) is 0 Å². The summed E-state index contributed by atoms with van der Waals surface area (Å²) in [7, 11) is 0. The third-order valence-electron chi connectivity index (χ3n) is 5.63. The molecule has 1 aromatic carbocycles. The summed E-state index contributed by atoms with van der Waals surface area (Å²) < 4.78 is 19.9. The van der Waals surface area contributed by atoms with Gasteiger partial charge in [-0.25, -0.2) is 14.8 Å². The van der Waals surface area contributed by atoms with Gasteiger partial charge >= 0.3 is 0 Å². The number of hydrogen-bond acceptors (Lipinski definition) is 8. The lowest BCUT2D eigenvalue weighted by Gasteiger charge is -2.31. The zero-order valence-electron chi connectivity index (χ0n) is 16.1. The first kappa shape index (κ1) is 19.0. The maximum Gasteiger partial charge on any atom is 0.252 e. The molecule has 4 aliphatic rings. The number of amides is 1. The number of fused-ring (bicyclic) bond motifs is 4. The van der Waals surface area contributed by atoms with E-state index in [0.29, 0.717) is 48.1 Å². The summed E-state index contributed by atoms with van der Waals surface area (Å²) in [5.41, 5.74) is 4.10. The Balaban J connectivity index is 1.62. The van der Waals surface area contributed by atoms with Crippen LogP contribution in [0, 0.1) is 5.82 Å². The van der Waals surface area contributed by atoms with E-state index in [9.17, 15) is 19.4 Å². The number of aliphatic imine (C=N–C) groups is 1. The second-order valence-electron chi connectivity index (χ2n) is 7.71. The molecule has 9 nitrogen and oxygen atoms in total. The van der Waals surface area contributed by atoms with Crippen LogP contribution in [0.5, 0.6) is 5.75 Å². The van der Waals surface area contributed by atoms with E-state index in [1.165, 1.54) is 18.2 Å². The number of amidine groups is 1. The number of halogens is 1. The lowest BCUT2D eigenvalue weighted by Crippen LogP contribution is -2.37. The second-order valence-corrected chi connectivity index (χ2v) is 7.71. The molecule has 1 amide bonds. The van der Waals surface area contributed by atoms with Gasteiger partial charge in [0.1, 0.15) is 30.1 Å².